The van der Waals surface area contributed by atoms with Crippen LogP contribution in [0.15, 0.2) is 12.1 Å². The van der Waals surface area contributed by atoms with Crippen molar-refractivity contribution in [2.75, 3.05) is 13.7 Å². The Bertz CT molecular complexity index is 337. The zero-order valence-electron chi connectivity index (χ0n) is 9.45. The number of hydrogen-bond acceptors (Lipinski definition) is 4. The molecule has 4 heteroatoms. The van der Waals surface area contributed by atoms with Crippen LogP contribution in [0.25, 0.3) is 0 Å². The van der Waals surface area contributed by atoms with Crippen molar-refractivity contribution in [2.24, 2.45) is 5.73 Å². The number of aryl methyl sites for hydroxylation is 1. The van der Waals surface area contributed by atoms with Gasteiger partial charge >= 0.3 is 0 Å². The van der Waals surface area contributed by atoms with Crippen LogP contribution >= 0.6 is 0 Å². The maximum Gasteiger partial charge on any atom is 0.213 e. The molecular weight excluding hydrogens is 192 g/mol. The van der Waals surface area contributed by atoms with Gasteiger partial charge in [0, 0.05) is 17.3 Å². The lowest BCUT2D eigenvalue weighted by atomic mass is 9.95. The lowest BCUT2D eigenvalue weighted by Crippen LogP contribution is -2.42. The molecule has 1 heterocycles. The molecule has 15 heavy (non-hydrogen) atoms. The van der Waals surface area contributed by atoms with Crippen molar-refractivity contribution in [3.63, 3.8) is 0 Å². The van der Waals surface area contributed by atoms with Gasteiger partial charge in [0.2, 0.25) is 5.88 Å². The number of methoxy groups -OCH3 is 1. The van der Waals surface area contributed by atoms with E-state index in [1.54, 1.807) is 7.11 Å². The molecule has 1 aromatic heterocycles. The molecule has 3 N–H and O–H groups in total. The largest absolute Gasteiger partial charge is 0.481 e. The highest BCUT2D eigenvalue weighted by molar-refractivity contribution is 5.26. The van der Waals surface area contributed by atoms with Gasteiger partial charge in [-0.15, -0.1) is 0 Å². The monoisotopic (exact) mass is 210 g/mol. The van der Waals surface area contributed by atoms with Gasteiger partial charge in [-0.1, -0.05) is 0 Å². The number of ether oxygens (including phenoxy) is 1. The van der Waals surface area contributed by atoms with Crippen LogP contribution in [-0.2, 0) is 6.42 Å². The van der Waals surface area contributed by atoms with E-state index in [2.05, 4.69) is 4.98 Å². The highest BCUT2D eigenvalue weighted by Crippen LogP contribution is 2.16. The van der Waals surface area contributed by atoms with Crippen LogP contribution in [0.5, 0.6) is 5.88 Å². The first kappa shape index (κ1) is 11.9. The second-order valence-electron chi connectivity index (χ2n) is 4.15. The van der Waals surface area contributed by atoms with E-state index in [-0.39, 0.29) is 6.61 Å². The van der Waals surface area contributed by atoms with E-state index in [1.165, 1.54) is 0 Å². The summed E-state index contributed by atoms with van der Waals surface area (Å²) >= 11 is 0. The highest BCUT2D eigenvalue weighted by atomic mass is 16.5. The molecule has 0 aliphatic heterocycles. The Labute approximate surface area is 90.1 Å². The summed E-state index contributed by atoms with van der Waals surface area (Å²) in [4.78, 5) is 4.18. The van der Waals surface area contributed by atoms with Crippen LogP contribution < -0.4 is 10.5 Å². The Morgan fingerprint density at radius 3 is 2.73 bits per heavy atom. The van der Waals surface area contributed by atoms with Crippen molar-refractivity contribution >= 4 is 0 Å². The van der Waals surface area contributed by atoms with Crippen LogP contribution in [0.2, 0.25) is 0 Å². The third-order valence-corrected chi connectivity index (χ3v) is 2.17. The summed E-state index contributed by atoms with van der Waals surface area (Å²) < 4.78 is 5.07. The minimum Gasteiger partial charge on any atom is -0.481 e. The van der Waals surface area contributed by atoms with E-state index in [0.29, 0.717) is 12.3 Å². The fourth-order valence-electron chi connectivity index (χ4n) is 1.44. The first-order chi connectivity index (χ1) is 6.96. The molecule has 0 radical (unpaired) electrons. The number of rotatable bonds is 4. The summed E-state index contributed by atoms with van der Waals surface area (Å²) in [5.41, 5.74) is 7.19. The third kappa shape index (κ3) is 3.49. The molecule has 0 bridgehead atoms. The van der Waals surface area contributed by atoms with Crippen LogP contribution in [-0.4, -0.2) is 29.3 Å². The van der Waals surface area contributed by atoms with Crippen molar-refractivity contribution < 1.29 is 9.84 Å². The molecule has 0 aliphatic rings. The first-order valence-corrected chi connectivity index (χ1v) is 4.88. The van der Waals surface area contributed by atoms with Gasteiger partial charge in [-0.3, -0.25) is 0 Å². The van der Waals surface area contributed by atoms with Gasteiger partial charge in [0.15, 0.2) is 0 Å². The molecule has 0 saturated carbocycles. The number of pyridine rings is 1. The zero-order valence-corrected chi connectivity index (χ0v) is 9.45. The van der Waals surface area contributed by atoms with Crippen molar-refractivity contribution in [3.05, 3.63) is 23.4 Å². The zero-order chi connectivity index (χ0) is 11.5. The Balaban J connectivity index is 2.90. The summed E-state index contributed by atoms with van der Waals surface area (Å²) in [6.07, 6.45) is 0.600. The molecule has 1 aromatic rings. The summed E-state index contributed by atoms with van der Waals surface area (Å²) in [6.45, 7) is 3.67. The fourth-order valence-corrected chi connectivity index (χ4v) is 1.44. The SMILES string of the molecule is COc1cc(CC(C)(N)CO)cc(C)n1. The molecule has 0 amide bonds. The van der Waals surface area contributed by atoms with E-state index >= 15 is 0 Å². The molecule has 1 rings (SSSR count). The van der Waals surface area contributed by atoms with Crippen molar-refractivity contribution in [1.29, 1.82) is 0 Å². The maximum atomic E-state index is 9.08. The van der Waals surface area contributed by atoms with Crippen LogP contribution in [0.1, 0.15) is 18.2 Å². The van der Waals surface area contributed by atoms with E-state index < -0.39 is 5.54 Å². The van der Waals surface area contributed by atoms with Crippen LogP contribution in [0.3, 0.4) is 0 Å². The van der Waals surface area contributed by atoms with Gasteiger partial charge in [-0.25, -0.2) is 4.98 Å². The van der Waals surface area contributed by atoms with Gasteiger partial charge in [-0.2, -0.15) is 0 Å². The van der Waals surface area contributed by atoms with Crippen LogP contribution in [0, 0.1) is 6.92 Å². The second kappa shape index (κ2) is 4.59. The Hall–Kier alpha value is -1.13. The predicted molar refractivity (Wildman–Crippen MR) is 58.9 cm³/mol. The van der Waals surface area contributed by atoms with Crippen LogP contribution in [0.4, 0.5) is 0 Å². The van der Waals surface area contributed by atoms with Gasteiger partial charge in [0.05, 0.1) is 13.7 Å². The Morgan fingerprint density at radius 2 is 2.20 bits per heavy atom. The summed E-state index contributed by atoms with van der Waals surface area (Å²) in [7, 11) is 1.58. The summed E-state index contributed by atoms with van der Waals surface area (Å²) in [5.74, 6) is 0.582. The minimum absolute atomic E-state index is 0.0450. The first-order valence-electron chi connectivity index (χ1n) is 4.88. The van der Waals surface area contributed by atoms with Crippen molar-refractivity contribution in [3.8, 4) is 5.88 Å². The summed E-state index contributed by atoms with van der Waals surface area (Å²) in [5, 5.41) is 9.08. The lowest BCUT2D eigenvalue weighted by molar-refractivity contribution is 0.208. The number of aliphatic hydroxyl groups is 1. The fraction of sp³-hybridized carbons (Fsp3) is 0.545. The smallest absolute Gasteiger partial charge is 0.213 e. The van der Waals surface area contributed by atoms with E-state index in [4.69, 9.17) is 15.6 Å². The van der Waals surface area contributed by atoms with E-state index in [0.717, 1.165) is 11.3 Å². The average molecular weight is 210 g/mol. The molecule has 0 aromatic carbocycles. The van der Waals surface area contributed by atoms with Gasteiger partial charge < -0.3 is 15.6 Å². The molecule has 1 unspecified atom stereocenters. The normalized spacial score (nSPS) is 14.7. The standard InChI is InChI=1S/C11H18N2O2/c1-8-4-9(5-10(13-8)15-3)6-11(2,12)7-14/h4-5,14H,6-7,12H2,1-3H3. The van der Waals surface area contributed by atoms with Gasteiger partial charge in [-0.05, 0) is 31.9 Å². The second-order valence-corrected chi connectivity index (χ2v) is 4.15. The van der Waals surface area contributed by atoms with E-state index in [9.17, 15) is 0 Å². The van der Waals surface area contributed by atoms with E-state index in [1.807, 2.05) is 26.0 Å². The molecule has 0 saturated heterocycles. The highest BCUT2D eigenvalue weighted by Gasteiger charge is 2.18. The minimum atomic E-state index is -0.598. The molecule has 0 fully saturated rings. The Morgan fingerprint density at radius 1 is 1.53 bits per heavy atom. The molecule has 84 valence electrons. The van der Waals surface area contributed by atoms with Gasteiger partial charge in [0.25, 0.3) is 0 Å². The van der Waals surface area contributed by atoms with Gasteiger partial charge in [0.1, 0.15) is 0 Å². The molecule has 0 spiro atoms. The molecule has 0 aliphatic carbocycles. The third-order valence-electron chi connectivity index (χ3n) is 2.17. The summed E-state index contributed by atoms with van der Waals surface area (Å²) in [6, 6.07) is 3.79. The lowest BCUT2D eigenvalue weighted by Gasteiger charge is -2.21. The quantitative estimate of drug-likeness (QED) is 0.765. The van der Waals surface area contributed by atoms with Crippen molar-refractivity contribution in [1.82, 2.24) is 4.98 Å². The number of aliphatic hydroxyl groups excluding tert-OH is 1. The predicted octanol–water partition coefficient (Wildman–Crippen LogP) is 0.651. The number of nitrogens with zero attached hydrogens (tertiary/aromatic N) is 1. The number of nitrogens with two attached hydrogens (primary N) is 1. The number of hydrogen-bond donors (Lipinski definition) is 2. The molecule has 4 nitrogen and oxygen atoms in total. The average Bonchev–Trinajstić information content (AvgIpc) is 2.16. The topological polar surface area (TPSA) is 68.4 Å². The maximum absolute atomic E-state index is 9.08. The van der Waals surface area contributed by atoms with Crippen molar-refractivity contribution in [2.45, 2.75) is 25.8 Å². The Kier molecular flexibility index (Phi) is 3.66. The molecular formula is C11H18N2O2. The molecule has 1 atom stereocenters. The number of aromatic nitrogens is 1.